The number of carbonyl (C=O) groups is 1. The van der Waals surface area contributed by atoms with E-state index in [2.05, 4.69) is 10.1 Å². The third-order valence-electron chi connectivity index (χ3n) is 4.82. The minimum atomic E-state index is -0.332. The van der Waals surface area contributed by atoms with Crippen LogP contribution in [-0.4, -0.2) is 28.6 Å². The van der Waals surface area contributed by atoms with Gasteiger partial charge in [-0.3, -0.25) is 9.89 Å². The van der Waals surface area contributed by atoms with Gasteiger partial charge in [0.2, 0.25) is 0 Å². The van der Waals surface area contributed by atoms with Crippen molar-refractivity contribution in [2.24, 2.45) is 4.99 Å². The minimum absolute atomic E-state index is 0.172. The van der Waals surface area contributed by atoms with Crippen LogP contribution in [-0.2, 0) is 17.6 Å². The van der Waals surface area contributed by atoms with Crippen LogP contribution >= 0.6 is 11.3 Å². The number of aromatic amines is 1. The summed E-state index contributed by atoms with van der Waals surface area (Å²) in [5.74, 6) is -0.332. The maximum atomic E-state index is 12.8. The van der Waals surface area contributed by atoms with Crippen LogP contribution in [0.5, 0.6) is 0 Å². The van der Waals surface area contributed by atoms with Gasteiger partial charge in [0.25, 0.3) is 5.56 Å². The first-order valence-corrected chi connectivity index (χ1v) is 10.1. The Hall–Kier alpha value is -2.93. The van der Waals surface area contributed by atoms with Crippen LogP contribution in [0.3, 0.4) is 0 Å². The van der Waals surface area contributed by atoms with E-state index in [0.29, 0.717) is 22.7 Å². The van der Waals surface area contributed by atoms with Crippen LogP contribution in [0.25, 0.3) is 5.69 Å². The maximum Gasteiger partial charge on any atom is 0.341 e. The van der Waals surface area contributed by atoms with Crippen molar-refractivity contribution in [1.29, 1.82) is 0 Å². The van der Waals surface area contributed by atoms with E-state index in [9.17, 15) is 9.59 Å². The average molecular weight is 395 g/mol. The molecule has 144 valence electrons. The lowest BCUT2D eigenvalue weighted by Crippen LogP contribution is -2.17. The van der Waals surface area contributed by atoms with Gasteiger partial charge in [-0.2, -0.15) is 0 Å². The molecule has 7 heteroatoms. The molecule has 1 aliphatic carbocycles. The predicted octanol–water partition coefficient (Wildman–Crippen LogP) is 3.95. The lowest BCUT2D eigenvalue weighted by atomic mass is 10.1. The summed E-state index contributed by atoms with van der Waals surface area (Å²) in [6.45, 7) is 3.96. The number of nitrogens with zero attached hydrogens (tertiary/aromatic N) is 2. The molecule has 1 aromatic carbocycles. The number of hydrogen-bond donors (Lipinski definition) is 1. The number of rotatable bonds is 5. The number of fused-ring (bicyclic) bond motifs is 1. The molecule has 0 aliphatic heterocycles. The highest BCUT2D eigenvalue weighted by Crippen LogP contribution is 2.41. The summed E-state index contributed by atoms with van der Waals surface area (Å²) in [4.78, 5) is 31.0. The van der Waals surface area contributed by atoms with E-state index in [0.717, 1.165) is 36.2 Å². The molecular weight excluding hydrogens is 374 g/mol. The Morgan fingerprint density at radius 1 is 1.32 bits per heavy atom. The van der Waals surface area contributed by atoms with Gasteiger partial charge < -0.3 is 4.74 Å². The molecule has 28 heavy (non-hydrogen) atoms. The van der Waals surface area contributed by atoms with Crippen molar-refractivity contribution in [2.75, 3.05) is 6.61 Å². The van der Waals surface area contributed by atoms with Gasteiger partial charge in [0.1, 0.15) is 5.00 Å². The molecule has 1 N–H and O–H groups in total. The van der Waals surface area contributed by atoms with Crippen LogP contribution in [0.1, 0.15) is 45.4 Å². The third-order valence-corrected chi connectivity index (χ3v) is 6.02. The number of aromatic nitrogens is 2. The fourth-order valence-corrected chi connectivity index (χ4v) is 4.71. The molecule has 4 rings (SSSR count). The number of aryl methyl sites for hydroxylation is 2. The highest BCUT2D eigenvalue weighted by atomic mass is 32.1. The quantitative estimate of drug-likeness (QED) is 0.525. The Bertz CT molecular complexity index is 1110. The number of carbonyl (C=O) groups excluding carboxylic acids is 1. The predicted molar refractivity (Wildman–Crippen MR) is 111 cm³/mol. The smallest absolute Gasteiger partial charge is 0.341 e. The first-order chi connectivity index (χ1) is 13.6. The van der Waals surface area contributed by atoms with Crippen molar-refractivity contribution in [2.45, 2.75) is 33.1 Å². The van der Waals surface area contributed by atoms with Gasteiger partial charge in [-0.05, 0) is 50.8 Å². The maximum absolute atomic E-state index is 12.8. The highest BCUT2D eigenvalue weighted by molar-refractivity contribution is 7.16. The average Bonchev–Trinajstić information content (AvgIpc) is 3.34. The third kappa shape index (κ3) is 3.22. The number of benzene rings is 1. The molecule has 2 heterocycles. The van der Waals surface area contributed by atoms with Gasteiger partial charge in [-0.15, -0.1) is 11.3 Å². The van der Waals surface area contributed by atoms with Crippen LogP contribution in [0.2, 0.25) is 0 Å². The van der Waals surface area contributed by atoms with E-state index in [1.54, 1.807) is 13.1 Å². The zero-order valence-electron chi connectivity index (χ0n) is 15.8. The fraction of sp³-hybridized carbons (Fsp3) is 0.286. The van der Waals surface area contributed by atoms with Crippen LogP contribution in [0, 0.1) is 6.92 Å². The molecule has 0 spiro atoms. The van der Waals surface area contributed by atoms with Gasteiger partial charge >= 0.3 is 5.97 Å². The van der Waals surface area contributed by atoms with E-state index >= 15 is 0 Å². The lowest BCUT2D eigenvalue weighted by molar-refractivity contribution is 0.0527. The van der Waals surface area contributed by atoms with Crippen molar-refractivity contribution in [1.82, 2.24) is 9.78 Å². The SMILES string of the molecule is CCOC(=O)c1c(/N=C/c2c(C)[nH]n(-c3ccccc3)c2=O)sc2c1CCC2. The summed E-state index contributed by atoms with van der Waals surface area (Å²) in [5.41, 5.74) is 3.41. The number of thiophene rings is 1. The van der Waals surface area contributed by atoms with Gasteiger partial charge in [0.05, 0.1) is 23.4 Å². The molecule has 0 radical (unpaired) electrons. The molecule has 0 amide bonds. The van der Waals surface area contributed by atoms with E-state index in [1.165, 1.54) is 20.9 Å². The van der Waals surface area contributed by atoms with Gasteiger partial charge in [-0.25, -0.2) is 14.5 Å². The summed E-state index contributed by atoms with van der Waals surface area (Å²) in [5, 5.41) is 3.71. The van der Waals surface area contributed by atoms with Gasteiger partial charge in [0.15, 0.2) is 0 Å². The fourth-order valence-electron chi connectivity index (χ4n) is 3.49. The zero-order chi connectivity index (χ0) is 19.7. The normalized spacial score (nSPS) is 13.2. The molecule has 0 fully saturated rings. The Morgan fingerprint density at radius 3 is 2.86 bits per heavy atom. The summed E-state index contributed by atoms with van der Waals surface area (Å²) in [7, 11) is 0. The van der Waals surface area contributed by atoms with Crippen LogP contribution in [0.15, 0.2) is 40.1 Å². The molecule has 2 aromatic heterocycles. The molecule has 3 aromatic rings. The highest BCUT2D eigenvalue weighted by Gasteiger charge is 2.27. The number of nitrogens with one attached hydrogen (secondary N) is 1. The number of ether oxygens (including phenoxy) is 1. The topological polar surface area (TPSA) is 76.4 Å². The van der Waals surface area contributed by atoms with Crippen molar-refractivity contribution >= 4 is 28.5 Å². The second kappa shape index (κ2) is 7.59. The Balaban J connectivity index is 1.72. The molecular formula is C21H21N3O3S. The molecule has 0 saturated carbocycles. The van der Waals surface area contributed by atoms with E-state index in [4.69, 9.17) is 4.74 Å². The van der Waals surface area contributed by atoms with Gasteiger partial charge in [0, 0.05) is 16.8 Å². The Morgan fingerprint density at radius 2 is 2.11 bits per heavy atom. The summed E-state index contributed by atoms with van der Waals surface area (Å²) in [6, 6.07) is 9.39. The molecule has 0 unspecified atom stereocenters. The Labute approximate surface area is 166 Å². The monoisotopic (exact) mass is 395 g/mol. The molecule has 1 aliphatic rings. The number of aliphatic imine (C=N–C) groups is 1. The first kappa shape index (κ1) is 18.4. The molecule has 0 saturated heterocycles. The number of esters is 1. The Kier molecular flexibility index (Phi) is 5.00. The van der Waals surface area contributed by atoms with Crippen LogP contribution in [0.4, 0.5) is 5.00 Å². The number of hydrogen-bond acceptors (Lipinski definition) is 5. The van der Waals surface area contributed by atoms with Crippen molar-refractivity contribution < 1.29 is 9.53 Å². The minimum Gasteiger partial charge on any atom is -0.462 e. The summed E-state index contributed by atoms with van der Waals surface area (Å²) in [6.07, 6.45) is 4.44. The van der Waals surface area contributed by atoms with Crippen LogP contribution < -0.4 is 5.56 Å². The summed E-state index contributed by atoms with van der Waals surface area (Å²) >= 11 is 1.52. The molecule has 0 bridgehead atoms. The molecule has 0 atom stereocenters. The second-order valence-electron chi connectivity index (χ2n) is 6.64. The van der Waals surface area contributed by atoms with Gasteiger partial charge in [-0.1, -0.05) is 18.2 Å². The number of para-hydroxylation sites is 1. The first-order valence-electron chi connectivity index (χ1n) is 9.33. The summed E-state index contributed by atoms with van der Waals surface area (Å²) < 4.78 is 6.73. The standard InChI is InChI=1S/C21H21N3O3S/c1-3-27-21(26)18-15-10-7-11-17(15)28-19(18)22-12-16-13(2)23-24(20(16)25)14-8-5-4-6-9-14/h4-6,8-9,12,23H,3,7,10-11H2,1-2H3/b22-12+. The largest absolute Gasteiger partial charge is 0.462 e. The second-order valence-corrected chi connectivity index (χ2v) is 7.73. The van der Waals surface area contributed by atoms with E-state index < -0.39 is 0 Å². The lowest BCUT2D eigenvalue weighted by Gasteiger charge is -2.03. The van der Waals surface area contributed by atoms with E-state index in [1.807, 2.05) is 37.3 Å². The zero-order valence-corrected chi connectivity index (χ0v) is 16.6. The van der Waals surface area contributed by atoms with E-state index in [-0.39, 0.29) is 11.5 Å². The molecule has 6 nitrogen and oxygen atoms in total. The van der Waals surface area contributed by atoms with Crippen molar-refractivity contribution in [3.8, 4) is 5.69 Å². The van der Waals surface area contributed by atoms with Crippen molar-refractivity contribution in [3.63, 3.8) is 0 Å². The van der Waals surface area contributed by atoms with Crippen molar-refractivity contribution in [3.05, 3.63) is 67.9 Å². The number of H-pyrrole nitrogens is 1.